The van der Waals surface area contributed by atoms with Gasteiger partial charge in [0.15, 0.2) is 0 Å². The number of hydrogen-bond donors (Lipinski definition) is 2. The van der Waals surface area contributed by atoms with Crippen molar-refractivity contribution >= 4 is 12.0 Å². The first-order chi connectivity index (χ1) is 10.1. The summed E-state index contributed by atoms with van der Waals surface area (Å²) in [6.45, 7) is 3.82. The normalized spacial score (nSPS) is 10.8. The van der Waals surface area contributed by atoms with Crippen molar-refractivity contribution in [1.29, 1.82) is 0 Å². The van der Waals surface area contributed by atoms with Gasteiger partial charge in [0.2, 0.25) is 0 Å². The van der Waals surface area contributed by atoms with Crippen LogP contribution in [0.4, 0.5) is 0 Å². The molecule has 0 saturated carbocycles. The van der Waals surface area contributed by atoms with Gasteiger partial charge in [-0.2, -0.15) is 5.10 Å². The van der Waals surface area contributed by atoms with Crippen LogP contribution in [0.5, 0.6) is 0 Å². The molecule has 108 valence electrons. The molecule has 1 aromatic carbocycles. The van der Waals surface area contributed by atoms with Gasteiger partial charge in [0.25, 0.3) is 11.5 Å². The molecule has 1 amide bonds. The molecule has 0 radical (unpaired) electrons. The van der Waals surface area contributed by atoms with Gasteiger partial charge in [0.1, 0.15) is 5.56 Å². The van der Waals surface area contributed by atoms with Gasteiger partial charge in [-0.1, -0.05) is 42.5 Å². The van der Waals surface area contributed by atoms with Crippen LogP contribution in [0.2, 0.25) is 0 Å². The number of amides is 1. The summed E-state index contributed by atoms with van der Waals surface area (Å²) in [6, 6.07) is 9.78. The maximum absolute atomic E-state index is 12.1. The minimum atomic E-state index is -0.470. The largest absolute Gasteiger partial charge is 0.348 e. The summed E-state index contributed by atoms with van der Waals surface area (Å²) in [5.74, 6) is -0.392. The number of aromatic amines is 1. The molecule has 1 heterocycles. The maximum atomic E-state index is 12.1. The van der Waals surface area contributed by atoms with E-state index in [2.05, 4.69) is 15.5 Å². The van der Waals surface area contributed by atoms with Gasteiger partial charge in [0.05, 0.1) is 5.69 Å². The van der Waals surface area contributed by atoms with Crippen LogP contribution in [0, 0.1) is 13.8 Å². The molecule has 0 aliphatic heterocycles. The van der Waals surface area contributed by atoms with Gasteiger partial charge in [0, 0.05) is 6.54 Å². The average Bonchev–Trinajstić information content (AvgIpc) is 2.49. The van der Waals surface area contributed by atoms with Gasteiger partial charge in [-0.05, 0) is 25.0 Å². The Morgan fingerprint density at radius 3 is 2.71 bits per heavy atom. The number of benzene rings is 1. The minimum absolute atomic E-state index is 0.121. The summed E-state index contributed by atoms with van der Waals surface area (Å²) < 4.78 is 0. The Labute approximate surface area is 122 Å². The number of nitrogens with zero attached hydrogens (tertiary/aromatic N) is 1. The summed E-state index contributed by atoms with van der Waals surface area (Å²) in [4.78, 5) is 23.7. The standard InChI is InChI=1S/C16H17N3O2/c1-11-12(2)18-19-16(21)14(11)15(20)17-10-6-9-13-7-4-3-5-8-13/h3-9H,10H2,1-2H3,(H,17,20)(H,19,21)/b9-6-. The fraction of sp³-hybridized carbons (Fsp3) is 0.188. The molecule has 0 atom stereocenters. The van der Waals surface area contributed by atoms with Gasteiger partial charge < -0.3 is 5.32 Å². The Morgan fingerprint density at radius 2 is 2.00 bits per heavy atom. The molecular weight excluding hydrogens is 266 g/mol. The number of H-pyrrole nitrogens is 1. The highest BCUT2D eigenvalue weighted by Gasteiger charge is 2.14. The van der Waals surface area contributed by atoms with Gasteiger partial charge in [-0.25, -0.2) is 5.10 Å². The molecule has 2 N–H and O–H groups in total. The highest BCUT2D eigenvalue weighted by molar-refractivity contribution is 5.95. The Balaban J connectivity index is 2.02. The Kier molecular flexibility index (Phi) is 4.66. The SMILES string of the molecule is Cc1n[nH]c(=O)c(C(=O)NC/C=C\c2ccccc2)c1C. The lowest BCUT2D eigenvalue weighted by atomic mass is 10.1. The average molecular weight is 283 g/mol. The quantitative estimate of drug-likeness (QED) is 0.899. The highest BCUT2D eigenvalue weighted by Crippen LogP contribution is 2.04. The van der Waals surface area contributed by atoms with E-state index >= 15 is 0 Å². The molecule has 21 heavy (non-hydrogen) atoms. The lowest BCUT2D eigenvalue weighted by Crippen LogP contribution is -2.31. The summed E-state index contributed by atoms with van der Waals surface area (Å²) in [5.41, 5.74) is 1.95. The highest BCUT2D eigenvalue weighted by atomic mass is 16.2. The second-order valence-electron chi connectivity index (χ2n) is 4.66. The smallest absolute Gasteiger partial charge is 0.277 e. The monoisotopic (exact) mass is 283 g/mol. The van der Waals surface area contributed by atoms with Crippen molar-refractivity contribution in [2.45, 2.75) is 13.8 Å². The third-order valence-electron chi connectivity index (χ3n) is 3.19. The first-order valence-corrected chi connectivity index (χ1v) is 6.65. The molecule has 0 aliphatic rings. The van der Waals surface area contributed by atoms with Crippen LogP contribution in [0.25, 0.3) is 6.08 Å². The van der Waals surface area contributed by atoms with Crippen molar-refractivity contribution in [3.05, 3.63) is 69.1 Å². The zero-order chi connectivity index (χ0) is 15.2. The fourth-order valence-electron chi connectivity index (χ4n) is 1.90. The van der Waals surface area contributed by atoms with E-state index in [9.17, 15) is 9.59 Å². The second-order valence-corrected chi connectivity index (χ2v) is 4.66. The molecule has 0 saturated heterocycles. The van der Waals surface area contributed by atoms with E-state index < -0.39 is 11.5 Å². The molecule has 0 fully saturated rings. The van der Waals surface area contributed by atoms with Crippen LogP contribution in [-0.4, -0.2) is 22.6 Å². The molecule has 0 aliphatic carbocycles. The van der Waals surface area contributed by atoms with E-state index in [4.69, 9.17) is 0 Å². The number of aromatic nitrogens is 2. The number of nitrogens with one attached hydrogen (secondary N) is 2. The summed E-state index contributed by atoms with van der Waals surface area (Å²) in [5, 5.41) is 8.85. The fourth-order valence-corrected chi connectivity index (χ4v) is 1.90. The Morgan fingerprint density at radius 1 is 1.29 bits per heavy atom. The first-order valence-electron chi connectivity index (χ1n) is 6.65. The first kappa shape index (κ1) is 14.7. The van der Waals surface area contributed by atoms with Crippen molar-refractivity contribution in [3.8, 4) is 0 Å². The van der Waals surface area contributed by atoms with Crippen molar-refractivity contribution < 1.29 is 4.79 Å². The predicted molar refractivity (Wildman–Crippen MR) is 82.1 cm³/mol. The minimum Gasteiger partial charge on any atom is -0.348 e. The number of carbonyl (C=O) groups is 1. The van der Waals surface area contributed by atoms with Gasteiger partial charge in [-0.15, -0.1) is 0 Å². The van der Waals surface area contributed by atoms with Crippen LogP contribution >= 0.6 is 0 Å². The summed E-state index contributed by atoms with van der Waals surface area (Å²) >= 11 is 0. The molecule has 0 spiro atoms. The van der Waals surface area contributed by atoms with E-state index in [0.717, 1.165) is 5.56 Å². The molecule has 1 aromatic heterocycles. The molecule has 5 nitrogen and oxygen atoms in total. The van der Waals surface area contributed by atoms with E-state index in [1.165, 1.54) is 0 Å². The second kappa shape index (κ2) is 6.65. The van der Waals surface area contributed by atoms with Crippen molar-refractivity contribution in [2.24, 2.45) is 0 Å². The molecule has 5 heteroatoms. The van der Waals surface area contributed by atoms with E-state index in [1.54, 1.807) is 13.8 Å². The Bertz CT molecular complexity index is 718. The third kappa shape index (κ3) is 3.66. The topological polar surface area (TPSA) is 74.8 Å². The van der Waals surface area contributed by atoms with E-state index in [1.807, 2.05) is 42.5 Å². The van der Waals surface area contributed by atoms with Crippen LogP contribution in [0.15, 0.2) is 41.2 Å². The lowest BCUT2D eigenvalue weighted by Gasteiger charge is -2.06. The molecule has 2 aromatic rings. The van der Waals surface area contributed by atoms with Crippen molar-refractivity contribution in [1.82, 2.24) is 15.5 Å². The van der Waals surface area contributed by atoms with Gasteiger partial charge >= 0.3 is 0 Å². The van der Waals surface area contributed by atoms with Crippen LogP contribution in [0.1, 0.15) is 27.2 Å². The van der Waals surface area contributed by atoms with E-state index in [-0.39, 0.29) is 5.56 Å². The van der Waals surface area contributed by atoms with Crippen molar-refractivity contribution in [3.63, 3.8) is 0 Å². The zero-order valence-electron chi connectivity index (χ0n) is 12.0. The lowest BCUT2D eigenvalue weighted by molar-refractivity contribution is 0.0955. The number of hydrogen-bond acceptors (Lipinski definition) is 3. The van der Waals surface area contributed by atoms with Crippen LogP contribution in [0.3, 0.4) is 0 Å². The summed E-state index contributed by atoms with van der Waals surface area (Å²) in [6.07, 6.45) is 3.75. The zero-order valence-corrected chi connectivity index (χ0v) is 12.0. The Hall–Kier alpha value is -2.69. The number of rotatable bonds is 4. The van der Waals surface area contributed by atoms with Crippen molar-refractivity contribution in [2.75, 3.05) is 6.54 Å². The maximum Gasteiger partial charge on any atom is 0.277 e. The predicted octanol–water partition coefficient (Wildman–Crippen LogP) is 1.83. The van der Waals surface area contributed by atoms with Crippen LogP contribution < -0.4 is 10.9 Å². The molecule has 0 unspecified atom stereocenters. The molecule has 2 rings (SSSR count). The molecule has 0 bridgehead atoms. The van der Waals surface area contributed by atoms with Gasteiger partial charge in [-0.3, -0.25) is 9.59 Å². The third-order valence-corrected chi connectivity index (χ3v) is 3.19. The molecular formula is C16H17N3O2. The summed E-state index contributed by atoms with van der Waals surface area (Å²) in [7, 11) is 0. The number of aryl methyl sites for hydroxylation is 1. The van der Waals surface area contributed by atoms with Crippen LogP contribution in [-0.2, 0) is 0 Å². The number of carbonyl (C=O) groups excluding carboxylic acids is 1. The van der Waals surface area contributed by atoms with E-state index in [0.29, 0.717) is 17.8 Å².